The minimum atomic E-state index is -1.56. The minimum Gasteiger partial charge on any atom is -0.461 e. The van der Waals surface area contributed by atoms with Crippen LogP contribution in [0.5, 0.6) is 0 Å². The maximum Gasteiger partial charge on any atom is 0.325 e. The Balaban J connectivity index is 0.000000439. The number of benzene rings is 4. The number of carbonyl (C=O) groups excluding carboxylic acids is 6. The molecule has 0 N–H and O–H groups in total. The Morgan fingerprint density at radius 2 is 0.806 bits per heavy atom. The maximum atomic E-state index is 14.7. The first kappa shape index (κ1) is 52.4. The fourth-order valence-corrected chi connectivity index (χ4v) is 10.3. The maximum absolute atomic E-state index is 14.7. The molecule has 2 saturated heterocycles. The van der Waals surface area contributed by atoms with Gasteiger partial charge >= 0.3 is 11.9 Å². The van der Waals surface area contributed by atoms with Gasteiger partial charge in [0.1, 0.15) is 12.2 Å². The zero-order valence-electron chi connectivity index (χ0n) is 41.8. The van der Waals surface area contributed by atoms with Crippen molar-refractivity contribution in [1.82, 2.24) is 9.80 Å². The molecule has 4 aromatic rings. The van der Waals surface area contributed by atoms with Crippen LogP contribution in [0, 0.1) is 11.8 Å². The summed E-state index contributed by atoms with van der Waals surface area (Å²) in [6.07, 6.45) is 3.61. The number of piperidine rings is 2. The van der Waals surface area contributed by atoms with Crippen molar-refractivity contribution in [3.8, 4) is 0 Å². The van der Waals surface area contributed by atoms with Gasteiger partial charge in [0.25, 0.3) is 0 Å². The second-order valence-electron chi connectivity index (χ2n) is 19.6. The molecule has 0 saturated carbocycles. The van der Waals surface area contributed by atoms with E-state index in [-0.39, 0.29) is 50.7 Å². The van der Waals surface area contributed by atoms with E-state index < -0.39 is 53.2 Å². The van der Waals surface area contributed by atoms with E-state index >= 15 is 0 Å². The normalized spacial score (nSPS) is 27.9. The molecule has 10 nitrogen and oxygen atoms in total. The Labute approximate surface area is 398 Å². The molecule has 2 aliphatic rings. The molecule has 0 bridgehead atoms. The summed E-state index contributed by atoms with van der Waals surface area (Å²) in [4.78, 5) is 85.2. The van der Waals surface area contributed by atoms with Gasteiger partial charge in [0, 0.05) is 69.1 Å². The highest BCUT2D eigenvalue weighted by Gasteiger charge is 2.55. The second-order valence-corrected chi connectivity index (χ2v) is 19.6. The number of esters is 2. The van der Waals surface area contributed by atoms with Crippen molar-refractivity contribution in [3.63, 3.8) is 0 Å². The Morgan fingerprint density at radius 1 is 0.493 bits per heavy atom. The van der Waals surface area contributed by atoms with Crippen LogP contribution in [0.1, 0.15) is 161 Å². The predicted molar refractivity (Wildman–Crippen MR) is 263 cm³/mol. The average molecular weight is 913 g/mol. The molecule has 8 unspecified atom stereocenters. The lowest BCUT2D eigenvalue weighted by Crippen LogP contribution is -2.67. The molecule has 2 aliphatic heterocycles. The Hall–Kier alpha value is -5.58. The van der Waals surface area contributed by atoms with Crippen LogP contribution >= 0.6 is 0 Å². The fraction of sp³-hybridized carbons (Fsp3) is 0.474. The van der Waals surface area contributed by atoms with E-state index in [1.54, 1.807) is 97.1 Å². The summed E-state index contributed by atoms with van der Waals surface area (Å²) in [6.45, 7) is 21.6. The Bertz CT molecular complexity index is 2270. The van der Waals surface area contributed by atoms with Crippen molar-refractivity contribution < 1.29 is 38.2 Å². The molecular weight excluding hydrogens is 841 g/mol. The molecule has 10 heteroatoms. The molecule has 0 spiro atoms. The van der Waals surface area contributed by atoms with Crippen LogP contribution in [0.2, 0.25) is 0 Å². The molecule has 6 rings (SSSR count). The Morgan fingerprint density at radius 3 is 1.13 bits per heavy atom. The highest BCUT2D eigenvalue weighted by atomic mass is 16.6. The topological polar surface area (TPSA) is 127 Å². The summed E-state index contributed by atoms with van der Waals surface area (Å²) in [5.41, 5.74) is 0.183. The van der Waals surface area contributed by atoms with Crippen LogP contribution in [0.15, 0.2) is 115 Å². The SMILES string of the molecule is CCC1(C)CC(OC(=O)C(C(=O)OC2CC(C)(CC)N(C)C(C)(CC)C2C)c2ccccc2C(=O)C(=O)c2ccccc2)C(C)C(C)(CC)N1C.O=C(C(=O)c1ccccc1)c1ccccc1. The number of rotatable bonds is 15. The highest BCUT2D eigenvalue weighted by Crippen LogP contribution is 2.48. The summed E-state index contributed by atoms with van der Waals surface area (Å²) >= 11 is 0. The zero-order valence-corrected chi connectivity index (χ0v) is 41.8. The van der Waals surface area contributed by atoms with Gasteiger partial charge in [-0.25, -0.2) is 0 Å². The van der Waals surface area contributed by atoms with E-state index in [0.717, 1.165) is 25.7 Å². The third kappa shape index (κ3) is 10.6. The van der Waals surface area contributed by atoms with Crippen molar-refractivity contribution in [2.24, 2.45) is 11.8 Å². The van der Waals surface area contributed by atoms with Crippen LogP contribution in [-0.2, 0) is 19.1 Å². The summed E-state index contributed by atoms with van der Waals surface area (Å²) < 4.78 is 12.9. The number of ketones is 4. The minimum absolute atomic E-state index is 0.00769. The molecule has 2 heterocycles. The van der Waals surface area contributed by atoms with Gasteiger partial charge in [-0.15, -0.1) is 0 Å². The van der Waals surface area contributed by atoms with Gasteiger partial charge in [-0.2, -0.15) is 0 Å². The molecule has 67 heavy (non-hydrogen) atoms. The quantitative estimate of drug-likeness (QED) is 0.0492. The molecule has 8 atom stereocenters. The smallest absolute Gasteiger partial charge is 0.325 e. The first-order valence-corrected chi connectivity index (χ1v) is 24.0. The summed E-state index contributed by atoms with van der Waals surface area (Å²) in [5, 5.41) is 0. The largest absolute Gasteiger partial charge is 0.461 e. The third-order valence-corrected chi connectivity index (χ3v) is 16.5. The van der Waals surface area contributed by atoms with Crippen LogP contribution < -0.4 is 0 Å². The van der Waals surface area contributed by atoms with E-state index in [1.807, 2.05) is 12.1 Å². The van der Waals surface area contributed by atoms with E-state index in [2.05, 4.69) is 93.1 Å². The first-order chi connectivity index (χ1) is 31.7. The number of carbonyl (C=O) groups is 6. The van der Waals surface area contributed by atoms with Crippen molar-refractivity contribution in [1.29, 1.82) is 0 Å². The van der Waals surface area contributed by atoms with Gasteiger partial charge in [0.05, 0.1) is 0 Å². The summed E-state index contributed by atoms with van der Waals surface area (Å²) in [6, 6.07) is 31.9. The van der Waals surface area contributed by atoms with Crippen LogP contribution in [0.3, 0.4) is 0 Å². The molecule has 0 amide bonds. The van der Waals surface area contributed by atoms with Gasteiger partial charge in [0.2, 0.25) is 23.1 Å². The van der Waals surface area contributed by atoms with E-state index in [4.69, 9.17) is 9.47 Å². The number of likely N-dealkylation sites (tertiary alicyclic amines) is 2. The molecule has 0 aromatic heterocycles. The van der Waals surface area contributed by atoms with Gasteiger partial charge in [-0.05, 0) is 73.0 Å². The second kappa shape index (κ2) is 21.6. The number of Topliss-reactive ketones (excluding diaryl/α,β-unsaturated/α-hetero) is 4. The van der Waals surface area contributed by atoms with E-state index in [9.17, 15) is 28.8 Å². The van der Waals surface area contributed by atoms with E-state index in [1.165, 1.54) is 6.07 Å². The molecule has 0 radical (unpaired) electrons. The molecule has 0 aliphatic carbocycles. The molecule has 358 valence electrons. The first-order valence-electron chi connectivity index (χ1n) is 24.0. The molecule has 2 fully saturated rings. The molecular formula is C57H72N2O8. The van der Waals surface area contributed by atoms with E-state index in [0.29, 0.717) is 24.0 Å². The van der Waals surface area contributed by atoms with Gasteiger partial charge in [-0.3, -0.25) is 38.6 Å². The van der Waals surface area contributed by atoms with Crippen LogP contribution in [0.25, 0.3) is 0 Å². The lowest BCUT2D eigenvalue weighted by atomic mass is 9.68. The predicted octanol–water partition coefficient (Wildman–Crippen LogP) is 11.0. The van der Waals surface area contributed by atoms with Gasteiger partial charge in [-0.1, -0.05) is 157 Å². The van der Waals surface area contributed by atoms with Crippen molar-refractivity contribution >= 4 is 35.1 Å². The monoisotopic (exact) mass is 913 g/mol. The lowest BCUT2D eigenvalue weighted by Gasteiger charge is -2.59. The standard InChI is InChI=1S/C43H62N2O6.C14H10O2/c1-13-40(7)26-33(28(5)42(9,15-3)44(40)11)50-38(48)35(31-24-20-21-25-32(31)37(47)36(46)30-22-18-17-19-23-30)39(49)51-34-27-41(8,14-2)45(12)43(10,16-4)29(34)6;15-13(11-7-3-1-4-8-11)14(16)12-9-5-2-6-10-12/h17-25,28-29,33-35H,13-16,26-27H2,1-12H3;1-10H. The summed E-state index contributed by atoms with van der Waals surface area (Å²) in [7, 11) is 4.29. The average Bonchev–Trinajstić information content (AvgIpc) is 3.36. The van der Waals surface area contributed by atoms with Gasteiger partial charge < -0.3 is 9.47 Å². The fourth-order valence-electron chi connectivity index (χ4n) is 10.3. The third-order valence-electron chi connectivity index (χ3n) is 16.5. The number of hydrogen-bond donors (Lipinski definition) is 0. The Kier molecular flexibility index (Phi) is 16.9. The van der Waals surface area contributed by atoms with Gasteiger partial charge in [0.15, 0.2) is 5.92 Å². The summed E-state index contributed by atoms with van der Waals surface area (Å²) in [5.74, 6) is -5.62. The number of ether oxygens (including phenoxy) is 2. The number of hydrogen-bond acceptors (Lipinski definition) is 10. The van der Waals surface area contributed by atoms with Crippen molar-refractivity contribution in [2.75, 3.05) is 14.1 Å². The van der Waals surface area contributed by atoms with Crippen molar-refractivity contribution in [2.45, 2.75) is 148 Å². The van der Waals surface area contributed by atoms with Crippen molar-refractivity contribution in [3.05, 3.63) is 143 Å². The van der Waals surface area contributed by atoms with Crippen LogP contribution in [0.4, 0.5) is 0 Å². The number of nitrogens with zero attached hydrogens (tertiary/aromatic N) is 2. The zero-order chi connectivity index (χ0) is 49.5. The molecule has 4 aromatic carbocycles. The lowest BCUT2D eigenvalue weighted by molar-refractivity contribution is -0.185. The van der Waals surface area contributed by atoms with Crippen LogP contribution in [-0.4, -0.2) is 93.3 Å². The highest BCUT2D eigenvalue weighted by molar-refractivity contribution is 6.50.